The van der Waals surface area contributed by atoms with Gasteiger partial charge in [-0.1, -0.05) is 0 Å². The number of amides is 1. The molecule has 0 bridgehead atoms. The van der Waals surface area contributed by atoms with Crippen molar-refractivity contribution in [1.82, 2.24) is 10.2 Å². The standard InChI is InChI=1S/C12H17F3N2O3/c13-12(14,15)11(10(19)20)2-4-17(7-11)9(18)5-8-1-3-16-6-8/h8,16H,1-7H2,(H,19,20). The van der Waals surface area contributed by atoms with Gasteiger partial charge in [-0.2, -0.15) is 13.2 Å². The van der Waals surface area contributed by atoms with Gasteiger partial charge in [0.2, 0.25) is 5.91 Å². The first-order valence-electron chi connectivity index (χ1n) is 6.55. The van der Waals surface area contributed by atoms with Crippen LogP contribution in [0.2, 0.25) is 0 Å². The van der Waals surface area contributed by atoms with E-state index in [1.807, 2.05) is 0 Å². The molecule has 0 radical (unpaired) electrons. The number of carboxylic acid groups (broad SMARTS) is 1. The molecule has 8 heteroatoms. The van der Waals surface area contributed by atoms with E-state index in [2.05, 4.69) is 5.32 Å². The molecule has 2 N–H and O–H groups in total. The van der Waals surface area contributed by atoms with Crippen LogP contribution in [0.15, 0.2) is 0 Å². The molecular weight excluding hydrogens is 277 g/mol. The maximum absolute atomic E-state index is 13.0. The second-order valence-electron chi connectivity index (χ2n) is 5.51. The third-order valence-electron chi connectivity index (χ3n) is 4.20. The van der Waals surface area contributed by atoms with Crippen LogP contribution in [0.5, 0.6) is 0 Å². The molecule has 114 valence electrons. The first-order chi connectivity index (χ1) is 9.26. The zero-order valence-electron chi connectivity index (χ0n) is 10.9. The van der Waals surface area contributed by atoms with Crippen molar-refractivity contribution in [2.75, 3.05) is 26.2 Å². The Kier molecular flexibility index (Phi) is 3.95. The van der Waals surface area contributed by atoms with E-state index >= 15 is 0 Å². The normalized spacial score (nSPS) is 30.8. The Balaban J connectivity index is 2.02. The lowest BCUT2D eigenvalue weighted by Gasteiger charge is -2.27. The number of rotatable bonds is 3. The molecule has 0 spiro atoms. The number of carbonyl (C=O) groups excluding carboxylic acids is 1. The van der Waals surface area contributed by atoms with Crippen molar-refractivity contribution < 1.29 is 27.9 Å². The highest BCUT2D eigenvalue weighted by Crippen LogP contribution is 2.45. The molecule has 2 atom stereocenters. The zero-order chi connectivity index (χ0) is 15.0. The van der Waals surface area contributed by atoms with Crippen LogP contribution in [0.4, 0.5) is 13.2 Å². The maximum Gasteiger partial charge on any atom is 0.406 e. The summed E-state index contributed by atoms with van der Waals surface area (Å²) >= 11 is 0. The Labute approximate surface area is 114 Å². The van der Waals surface area contributed by atoms with Crippen molar-refractivity contribution in [3.63, 3.8) is 0 Å². The van der Waals surface area contributed by atoms with E-state index in [1.165, 1.54) is 0 Å². The van der Waals surface area contributed by atoms with Crippen LogP contribution in [0.1, 0.15) is 19.3 Å². The lowest BCUT2D eigenvalue weighted by Crippen LogP contribution is -2.47. The molecule has 2 rings (SSSR count). The number of nitrogens with one attached hydrogen (secondary N) is 1. The van der Waals surface area contributed by atoms with Crippen LogP contribution in [0.3, 0.4) is 0 Å². The number of hydrogen-bond donors (Lipinski definition) is 2. The lowest BCUT2D eigenvalue weighted by atomic mass is 9.86. The summed E-state index contributed by atoms with van der Waals surface area (Å²) in [6.45, 7) is 0.568. The van der Waals surface area contributed by atoms with E-state index < -0.39 is 30.5 Å². The Morgan fingerprint density at radius 3 is 2.55 bits per heavy atom. The van der Waals surface area contributed by atoms with Gasteiger partial charge in [-0.15, -0.1) is 0 Å². The van der Waals surface area contributed by atoms with Crippen LogP contribution >= 0.6 is 0 Å². The zero-order valence-corrected chi connectivity index (χ0v) is 10.9. The Morgan fingerprint density at radius 2 is 2.10 bits per heavy atom. The molecule has 2 fully saturated rings. The number of nitrogens with zero attached hydrogens (tertiary/aromatic N) is 1. The molecule has 0 aliphatic carbocycles. The predicted octanol–water partition coefficient (Wildman–Crippen LogP) is 0.852. The Morgan fingerprint density at radius 1 is 1.40 bits per heavy atom. The number of carboxylic acids is 1. The second kappa shape index (κ2) is 5.23. The molecule has 2 saturated heterocycles. The van der Waals surface area contributed by atoms with E-state index in [0.717, 1.165) is 17.9 Å². The smallest absolute Gasteiger partial charge is 0.406 e. The molecule has 2 heterocycles. The van der Waals surface area contributed by atoms with Gasteiger partial charge in [-0.05, 0) is 31.8 Å². The SMILES string of the molecule is O=C(CC1CCNC1)N1CCC(C(=O)O)(C(F)(F)F)C1. The Hall–Kier alpha value is -1.31. The van der Waals surface area contributed by atoms with Gasteiger partial charge in [0, 0.05) is 19.5 Å². The number of carbonyl (C=O) groups is 2. The van der Waals surface area contributed by atoms with Gasteiger partial charge in [0.1, 0.15) is 0 Å². The summed E-state index contributed by atoms with van der Waals surface area (Å²) < 4.78 is 38.9. The van der Waals surface area contributed by atoms with Crippen molar-refractivity contribution in [1.29, 1.82) is 0 Å². The third-order valence-corrected chi connectivity index (χ3v) is 4.20. The van der Waals surface area contributed by atoms with Crippen molar-refractivity contribution in [2.45, 2.75) is 25.4 Å². The summed E-state index contributed by atoms with van der Waals surface area (Å²) in [5, 5.41) is 12.0. The molecule has 0 aromatic rings. The molecule has 2 aliphatic rings. The summed E-state index contributed by atoms with van der Waals surface area (Å²) in [7, 11) is 0. The quantitative estimate of drug-likeness (QED) is 0.809. The highest BCUT2D eigenvalue weighted by atomic mass is 19.4. The van der Waals surface area contributed by atoms with Gasteiger partial charge in [0.15, 0.2) is 5.41 Å². The van der Waals surface area contributed by atoms with Gasteiger partial charge in [-0.3, -0.25) is 9.59 Å². The highest BCUT2D eigenvalue weighted by molar-refractivity contribution is 5.81. The largest absolute Gasteiger partial charge is 0.481 e. The molecular formula is C12H17F3N2O3. The Bertz CT molecular complexity index is 407. The fourth-order valence-electron chi connectivity index (χ4n) is 2.81. The van der Waals surface area contributed by atoms with Gasteiger partial charge in [0.05, 0.1) is 0 Å². The summed E-state index contributed by atoms with van der Waals surface area (Å²) in [5.74, 6) is -2.15. The van der Waals surface area contributed by atoms with Crippen LogP contribution in [0.25, 0.3) is 0 Å². The van der Waals surface area contributed by atoms with Crippen molar-refractivity contribution in [3.05, 3.63) is 0 Å². The summed E-state index contributed by atoms with van der Waals surface area (Å²) in [6.07, 6.45) is -4.41. The van der Waals surface area contributed by atoms with Crippen molar-refractivity contribution in [2.24, 2.45) is 11.3 Å². The van der Waals surface area contributed by atoms with Gasteiger partial charge in [-0.25, -0.2) is 0 Å². The molecule has 20 heavy (non-hydrogen) atoms. The topological polar surface area (TPSA) is 69.6 Å². The molecule has 0 aromatic carbocycles. The van der Waals surface area contributed by atoms with Crippen LogP contribution in [-0.2, 0) is 9.59 Å². The van der Waals surface area contributed by atoms with Gasteiger partial charge in [0.25, 0.3) is 0 Å². The third kappa shape index (κ3) is 2.61. The fourth-order valence-corrected chi connectivity index (χ4v) is 2.81. The van der Waals surface area contributed by atoms with Crippen molar-refractivity contribution in [3.8, 4) is 0 Å². The molecule has 1 amide bonds. The summed E-state index contributed by atoms with van der Waals surface area (Å²) in [6, 6.07) is 0. The second-order valence-corrected chi connectivity index (χ2v) is 5.51. The van der Waals surface area contributed by atoms with Gasteiger partial charge < -0.3 is 15.3 Å². The van der Waals surface area contributed by atoms with E-state index in [0.29, 0.717) is 6.54 Å². The van der Waals surface area contributed by atoms with E-state index in [1.54, 1.807) is 0 Å². The molecule has 0 saturated carbocycles. The van der Waals surface area contributed by atoms with Crippen LogP contribution in [0, 0.1) is 11.3 Å². The minimum atomic E-state index is -4.84. The fraction of sp³-hybridized carbons (Fsp3) is 0.833. The minimum Gasteiger partial charge on any atom is -0.481 e. The number of alkyl halides is 3. The number of halogens is 3. The number of hydrogen-bond acceptors (Lipinski definition) is 3. The van der Waals surface area contributed by atoms with Gasteiger partial charge >= 0.3 is 12.1 Å². The first kappa shape index (κ1) is 15.1. The lowest BCUT2D eigenvalue weighted by molar-refractivity contribution is -0.227. The molecule has 2 unspecified atom stereocenters. The number of aliphatic carboxylic acids is 1. The summed E-state index contributed by atoms with van der Waals surface area (Å²) in [4.78, 5) is 24.0. The maximum atomic E-state index is 13.0. The average molecular weight is 294 g/mol. The summed E-state index contributed by atoms with van der Waals surface area (Å²) in [5.41, 5.74) is -2.81. The van der Waals surface area contributed by atoms with E-state index in [-0.39, 0.29) is 24.8 Å². The van der Waals surface area contributed by atoms with Crippen molar-refractivity contribution >= 4 is 11.9 Å². The van der Waals surface area contributed by atoms with Crippen LogP contribution < -0.4 is 5.32 Å². The minimum absolute atomic E-state index is 0.133. The number of likely N-dealkylation sites (tertiary alicyclic amines) is 1. The molecule has 2 aliphatic heterocycles. The monoisotopic (exact) mass is 294 g/mol. The predicted molar refractivity (Wildman–Crippen MR) is 62.9 cm³/mol. The van der Waals surface area contributed by atoms with Crippen LogP contribution in [-0.4, -0.2) is 54.2 Å². The highest BCUT2D eigenvalue weighted by Gasteiger charge is 2.64. The molecule has 5 nitrogen and oxygen atoms in total. The first-order valence-corrected chi connectivity index (χ1v) is 6.55. The van der Waals surface area contributed by atoms with E-state index in [9.17, 15) is 22.8 Å². The van der Waals surface area contributed by atoms with E-state index in [4.69, 9.17) is 5.11 Å². The molecule has 0 aromatic heterocycles. The average Bonchev–Trinajstić information content (AvgIpc) is 2.96.